The Kier molecular flexibility index (Phi) is 4.22. The number of rotatable bonds is 3. The fourth-order valence-electron chi connectivity index (χ4n) is 1.69. The number of hydrogen-bond acceptors (Lipinski definition) is 2. The lowest BCUT2D eigenvalue weighted by atomic mass is 10.2. The number of amidine groups is 1. The summed E-state index contributed by atoms with van der Waals surface area (Å²) in [5, 5.41) is 7.34. The van der Waals surface area contributed by atoms with E-state index in [-0.39, 0.29) is 17.3 Å². The van der Waals surface area contributed by atoms with Gasteiger partial charge in [-0.05, 0) is 46.3 Å². The summed E-state index contributed by atoms with van der Waals surface area (Å²) in [5.74, 6) is -0.222. The number of benzene rings is 2. The fraction of sp³-hybridized carbons (Fsp3) is 0.0714. The van der Waals surface area contributed by atoms with Crippen LogP contribution in [0.25, 0.3) is 0 Å². The number of ether oxygens (including phenoxy) is 1. The minimum atomic E-state index is -4.49. The van der Waals surface area contributed by atoms with Gasteiger partial charge in [0.25, 0.3) is 0 Å². The van der Waals surface area contributed by atoms with Crippen LogP contribution in [0.5, 0.6) is 11.5 Å². The summed E-state index contributed by atoms with van der Waals surface area (Å²) in [5.41, 5.74) is 4.95. The molecule has 0 aromatic heterocycles. The first-order chi connectivity index (χ1) is 9.79. The molecule has 110 valence electrons. The van der Waals surface area contributed by atoms with Gasteiger partial charge in [-0.15, -0.1) is 0 Å². The van der Waals surface area contributed by atoms with Crippen LogP contribution < -0.4 is 10.5 Å². The van der Waals surface area contributed by atoms with Gasteiger partial charge in [0.2, 0.25) is 0 Å². The quantitative estimate of drug-likeness (QED) is 0.624. The third kappa shape index (κ3) is 3.55. The van der Waals surface area contributed by atoms with Crippen LogP contribution in [0.4, 0.5) is 13.2 Å². The highest BCUT2D eigenvalue weighted by molar-refractivity contribution is 9.10. The van der Waals surface area contributed by atoms with E-state index in [1.165, 1.54) is 36.4 Å². The molecule has 0 bridgehead atoms. The standard InChI is InChI=1S/C14H10BrF3N2O/c15-11-7-8(5-6-9(11)13(19)20)21-12-4-2-1-3-10(12)14(16,17)18/h1-7H,(H3,19,20). The van der Waals surface area contributed by atoms with Gasteiger partial charge in [-0.25, -0.2) is 0 Å². The van der Waals surface area contributed by atoms with Crippen molar-refractivity contribution in [2.24, 2.45) is 5.73 Å². The topological polar surface area (TPSA) is 59.1 Å². The van der Waals surface area contributed by atoms with Crippen molar-refractivity contribution in [2.75, 3.05) is 0 Å². The van der Waals surface area contributed by atoms with E-state index in [1.54, 1.807) is 0 Å². The van der Waals surface area contributed by atoms with E-state index in [4.69, 9.17) is 15.9 Å². The second kappa shape index (κ2) is 5.77. The van der Waals surface area contributed by atoms with Gasteiger partial charge in [0, 0.05) is 10.0 Å². The first-order valence-electron chi connectivity index (χ1n) is 5.77. The van der Waals surface area contributed by atoms with Crippen molar-refractivity contribution in [1.29, 1.82) is 5.41 Å². The van der Waals surface area contributed by atoms with Crippen LogP contribution in [-0.2, 0) is 6.18 Å². The summed E-state index contributed by atoms with van der Waals surface area (Å²) >= 11 is 3.20. The molecule has 2 aromatic rings. The highest BCUT2D eigenvalue weighted by Crippen LogP contribution is 2.38. The molecular formula is C14H10BrF3N2O. The maximum absolute atomic E-state index is 12.9. The summed E-state index contributed by atoms with van der Waals surface area (Å²) < 4.78 is 44.4. The van der Waals surface area contributed by atoms with E-state index < -0.39 is 11.7 Å². The Hall–Kier alpha value is -2.02. The second-order valence-electron chi connectivity index (χ2n) is 4.15. The Bertz CT molecular complexity index is 686. The van der Waals surface area contributed by atoms with Crippen molar-refractivity contribution >= 4 is 21.8 Å². The average Bonchev–Trinajstić information content (AvgIpc) is 2.37. The third-order valence-electron chi connectivity index (χ3n) is 2.65. The molecule has 7 heteroatoms. The SMILES string of the molecule is N=C(N)c1ccc(Oc2ccccc2C(F)(F)F)cc1Br. The summed E-state index contributed by atoms with van der Waals surface area (Å²) in [6.45, 7) is 0. The van der Waals surface area contributed by atoms with Crippen LogP contribution in [0.1, 0.15) is 11.1 Å². The molecule has 0 aliphatic heterocycles. The smallest absolute Gasteiger partial charge is 0.419 e. The molecule has 0 radical (unpaired) electrons. The van der Waals surface area contributed by atoms with E-state index >= 15 is 0 Å². The Morgan fingerprint density at radius 2 is 1.81 bits per heavy atom. The zero-order valence-corrected chi connectivity index (χ0v) is 12.1. The van der Waals surface area contributed by atoms with E-state index in [2.05, 4.69) is 15.9 Å². The lowest BCUT2D eigenvalue weighted by molar-refractivity contribution is -0.138. The summed E-state index contributed by atoms with van der Waals surface area (Å²) in [7, 11) is 0. The van der Waals surface area contributed by atoms with Gasteiger partial charge in [-0.3, -0.25) is 5.41 Å². The molecule has 0 unspecified atom stereocenters. The van der Waals surface area contributed by atoms with Gasteiger partial charge >= 0.3 is 6.18 Å². The zero-order chi connectivity index (χ0) is 15.6. The van der Waals surface area contributed by atoms with E-state index in [0.717, 1.165) is 6.07 Å². The highest BCUT2D eigenvalue weighted by atomic mass is 79.9. The van der Waals surface area contributed by atoms with Crippen molar-refractivity contribution in [2.45, 2.75) is 6.18 Å². The van der Waals surface area contributed by atoms with Crippen molar-refractivity contribution in [3.63, 3.8) is 0 Å². The van der Waals surface area contributed by atoms with Crippen LogP contribution in [0.3, 0.4) is 0 Å². The van der Waals surface area contributed by atoms with Gasteiger partial charge in [0.15, 0.2) is 0 Å². The van der Waals surface area contributed by atoms with E-state index in [9.17, 15) is 13.2 Å². The lowest BCUT2D eigenvalue weighted by Gasteiger charge is -2.14. The zero-order valence-electron chi connectivity index (χ0n) is 10.5. The Morgan fingerprint density at radius 1 is 1.14 bits per heavy atom. The van der Waals surface area contributed by atoms with Gasteiger partial charge in [-0.2, -0.15) is 13.2 Å². The van der Waals surface area contributed by atoms with Gasteiger partial charge < -0.3 is 10.5 Å². The molecule has 0 aliphatic carbocycles. The number of nitrogen functional groups attached to an aromatic ring is 1. The molecule has 0 aliphatic rings. The summed E-state index contributed by atoms with van der Waals surface area (Å²) in [4.78, 5) is 0. The normalized spacial score (nSPS) is 11.2. The molecule has 0 fully saturated rings. The highest BCUT2D eigenvalue weighted by Gasteiger charge is 2.34. The van der Waals surface area contributed by atoms with Gasteiger partial charge in [0.05, 0.1) is 5.56 Å². The third-order valence-corrected chi connectivity index (χ3v) is 3.31. The maximum atomic E-state index is 12.9. The molecule has 0 amide bonds. The van der Waals surface area contributed by atoms with Crippen molar-refractivity contribution in [3.05, 3.63) is 58.1 Å². The first kappa shape index (κ1) is 15.4. The maximum Gasteiger partial charge on any atom is 0.419 e. The number of alkyl halides is 3. The number of nitrogens with one attached hydrogen (secondary N) is 1. The van der Waals surface area contributed by atoms with Crippen LogP contribution in [0, 0.1) is 5.41 Å². The molecular weight excluding hydrogens is 349 g/mol. The van der Waals surface area contributed by atoms with Crippen molar-refractivity contribution in [3.8, 4) is 11.5 Å². The number of hydrogen-bond donors (Lipinski definition) is 2. The van der Waals surface area contributed by atoms with Crippen LogP contribution >= 0.6 is 15.9 Å². The van der Waals surface area contributed by atoms with Crippen molar-refractivity contribution in [1.82, 2.24) is 0 Å². The predicted octanol–water partition coefficient (Wildman–Crippen LogP) is 4.54. The Balaban J connectivity index is 2.35. The largest absolute Gasteiger partial charge is 0.457 e. The minimum absolute atomic E-state index is 0.149. The summed E-state index contributed by atoms with van der Waals surface area (Å²) in [6, 6.07) is 9.37. The second-order valence-corrected chi connectivity index (χ2v) is 5.01. The van der Waals surface area contributed by atoms with Gasteiger partial charge in [0.1, 0.15) is 17.3 Å². The fourth-order valence-corrected chi connectivity index (χ4v) is 2.27. The van der Waals surface area contributed by atoms with Crippen LogP contribution in [-0.4, -0.2) is 5.84 Å². The van der Waals surface area contributed by atoms with Crippen LogP contribution in [0.15, 0.2) is 46.9 Å². The van der Waals surface area contributed by atoms with Gasteiger partial charge in [-0.1, -0.05) is 12.1 Å². The molecule has 3 nitrogen and oxygen atoms in total. The molecule has 0 atom stereocenters. The molecule has 0 heterocycles. The van der Waals surface area contributed by atoms with Crippen molar-refractivity contribution < 1.29 is 17.9 Å². The lowest BCUT2D eigenvalue weighted by Crippen LogP contribution is -2.11. The number of nitrogens with two attached hydrogens (primary N) is 1. The molecule has 2 aromatic carbocycles. The number of halogens is 4. The molecule has 0 spiro atoms. The molecule has 2 rings (SSSR count). The molecule has 3 N–H and O–H groups in total. The monoisotopic (exact) mass is 358 g/mol. The average molecular weight is 359 g/mol. The van der Waals surface area contributed by atoms with E-state index in [0.29, 0.717) is 10.0 Å². The summed E-state index contributed by atoms with van der Waals surface area (Å²) in [6.07, 6.45) is -4.49. The predicted molar refractivity (Wildman–Crippen MR) is 76.7 cm³/mol. The first-order valence-corrected chi connectivity index (χ1v) is 6.56. The minimum Gasteiger partial charge on any atom is -0.457 e. The van der Waals surface area contributed by atoms with E-state index in [1.807, 2.05) is 0 Å². The Labute approximate surface area is 127 Å². The molecule has 0 saturated carbocycles. The number of para-hydroxylation sites is 1. The molecule has 21 heavy (non-hydrogen) atoms. The Morgan fingerprint density at radius 3 is 2.38 bits per heavy atom. The molecule has 0 saturated heterocycles. The van der Waals surface area contributed by atoms with Crippen LogP contribution in [0.2, 0.25) is 0 Å².